The predicted octanol–water partition coefficient (Wildman–Crippen LogP) is -1.45. The highest BCUT2D eigenvalue weighted by Crippen LogP contribution is 2.09. The number of nitrogens with two attached hydrogens (primary N) is 1. The molecule has 0 radical (unpaired) electrons. The van der Waals surface area contributed by atoms with E-state index in [2.05, 4.69) is 10.6 Å². The molecule has 0 aromatic rings. The van der Waals surface area contributed by atoms with Gasteiger partial charge in [0.15, 0.2) is 0 Å². The number of carbonyl (C=O) groups excluding carboxylic acids is 4. The van der Waals surface area contributed by atoms with Crippen LogP contribution in [0.15, 0.2) is 0 Å². The van der Waals surface area contributed by atoms with Crippen LogP contribution in [-0.4, -0.2) is 47.8 Å². The molecule has 19 heavy (non-hydrogen) atoms. The molecule has 1 unspecified atom stereocenters. The highest BCUT2D eigenvalue weighted by molar-refractivity contribution is 6.03. The van der Waals surface area contributed by atoms with Gasteiger partial charge in [0.05, 0.1) is 0 Å². The van der Waals surface area contributed by atoms with E-state index in [-0.39, 0.29) is 19.0 Å². The summed E-state index contributed by atoms with van der Waals surface area (Å²) in [6, 6.07) is -1.64. The van der Waals surface area contributed by atoms with Crippen molar-refractivity contribution in [1.82, 2.24) is 15.5 Å². The van der Waals surface area contributed by atoms with E-state index in [1.807, 2.05) is 13.8 Å². The number of nitrogens with zero attached hydrogens (tertiary/aromatic N) is 1. The monoisotopic (exact) mass is 270 g/mol. The highest BCUT2D eigenvalue weighted by atomic mass is 16.2. The van der Waals surface area contributed by atoms with E-state index in [0.717, 1.165) is 4.90 Å². The van der Waals surface area contributed by atoms with Crippen molar-refractivity contribution in [2.75, 3.05) is 13.1 Å². The van der Waals surface area contributed by atoms with Crippen LogP contribution < -0.4 is 16.4 Å². The first-order chi connectivity index (χ1) is 8.79. The fourth-order valence-electron chi connectivity index (χ4n) is 1.88. The average molecular weight is 270 g/mol. The second-order valence-electron chi connectivity index (χ2n) is 4.86. The Morgan fingerprint density at radius 2 is 1.84 bits per heavy atom. The molecule has 106 valence electrons. The van der Waals surface area contributed by atoms with Crippen LogP contribution in [0.4, 0.5) is 4.79 Å². The molecule has 8 heteroatoms. The lowest BCUT2D eigenvalue weighted by molar-refractivity contribution is -0.146. The lowest BCUT2D eigenvalue weighted by Crippen LogP contribution is -2.58. The molecule has 4 N–H and O–H groups in total. The van der Waals surface area contributed by atoms with Crippen LogP contribution in [0.5, 0.6) is 0 Å². The molecule has 0 aromatic carbocycles. The summed E-state index contributed by atoms with van der Waals surface area (Å²) in [5.74, 6) is -1.40. The van der Waals surface area contributed by atoms with Gasteiger partial charge >= 0.3 is 6.03 Å². The van der Waals surface area contributed by atoms with Gasteiger partial charge in [-0.15, -0.1) is 0 Å². The summed E-state index contributed by atoms with van der Waals surface area (Å²) in [6.07, 6.45) is 0.383. The second-order valence-corrected chi connectivity index (χ2v) is 4.86. The summed E-state index contributed by atoms with van der Waals surface area (Å²) >= 11 is 0. The number of hydrogen-bond acceptors (Lipinski definition) is 4. The maximum absolute atomic E-state index is 12.2. The summed E-state index contributed by atoms with van der Waals surface area (Å²) < 4.78 is 0. The van der Waals surface area contributed by atoms with Crippen LogP contribution in [0.3, 0.4) is 0 Å². The van der Waals surface area contributed by atoms with Crippen molar-refractivity contribution in [1.29, 1.82) is 0 Å². The Morgan fingerprint density at radius 1 is 1.32 bits per heavy atom. The number of imide groups is 1. The van der Waals surface area contributed by atoms with Crippen LogP contribution in [0.1, 0.15) is 20.3 Å². The standard InChI is InChI=1S/C11H18N4O4/c1-6(2)3-7(13-11(12)19)10(18)15-4-8(16)14-9(17)5-15/h6-7H,3-5H2,1-2H3,(H3,12,13,19)(H,14,16,17). The van der Waals surface area contributed by atoms with Gasteiger partial charge < -0.3 is 16.0 Å². The first-order valence-corrected chi connectivity index (χ1v) is 5.97. The molecule has 0 bridgehead atoms. The molecule has 0 aliphatic carbocycles. The van der Waals surface area contributed by atoms with Gasteiger partial charge in [0.1, 0.15) is 19.1 Å². The average Bonchev–Trinajstić information content (AvgIpc) is 2.24. The Balaban J connectivity index is 2.76. The molecule has 0 aromatic heterocycles. The van der Waals surface area contributed by atoms with Gasteiger partial charge in [-0.2, -0.15) is 0 Å². The van der Waals surface area contributed by atoms with E-state index in [9.17, 15) is 19.2 Å². The minimum absolute atomic E-state index is 0.148. The number of carbonyl (C=O) groups is 4. The van der Waals surface area contributed by atoms with Crippen LogP contribution in [0.25, 0.3) is 0 Å². The normalized spacial score (nSPS) is 17.1. The van der Waals surface area contributed by atoms with Gasteiger partial charge in [-0.3, -0.25) is 19.7 Å². The van der Waals surface area contributed by atoms with Crippen molar-refractivity contribution in [3.8, 4) is 0 Å². The Hall–Kier alpha value is -2.12. The van der Waals surface area contributed by atoms with Crippen molar-refractivity contribution < 1.29 is 19.2 Å². The molecule has 1 atom stereocenters. The first kappa shape index (κ1) is 14.9. The van der Waals surface area contributed by atoms with E-state index in [0.29, 0.717) is 6.42 Å². The predicted molar refractivity (Wildman–Crippen MR) is 65.7 cm³/mol. The zero-order chi connectivity index (χ0) is 14.6. The fraction of sp³-hybridized carbons (Fsp3) is 0.636. The van der Waals surface area contributed by atoms with E-state index >= 15 is 0 Å². The highest BCUT2D eigenvalue weighted by Gasteiger charge is 2.31. The van der Waals surface area contributed by atoms with Crippen molar-refractivity contribution in [3.63, 3.8) is 0 Å². The van der Waals surface area contributed by atoms with Crippen LogP contribution in [-0.2, 0) is 14.4 Å². The number of hydrogen-bond donors (Lipinski definition) is 3. The number of nitrogens with one attached hydrogen (secondary N) is 2. The minimum atomic E-state index is -0.823. The molecule has 1 fully saturated rings. The number of primary amides is 1. The molecular formula is C11H18N4O4. The lowest BCUT2D eigenvalue weighted by Gasteiger charge is -2.29. The third-order valence-corrected chi connectivity index (χ3v) is 2.58. The maximum atomic E-state index is 12.2. The molecule has 1 saturated heterocycles. The van der Waals surface area contributed by atoms with Gasteiger partial charge in [0, 0.05) is 0 Å². The molecule has 0 saturated carbocycles. The molecule has 1 heterocycles. The third kappa shape index (κ3) is 4.57. The van der Waals surface area contributed by atoms with Crippen molar-refractivity contribution in [3.05, 3.63) is 0 Å². The smallest absolute Gasteiger partial charge is 0.312 e. The summed E-state index contributed by atoms with van der Waals surface area (Å²) in [7, 11) is 0. The molecular weight excluding hydrogens is 252 g/mol. The third-order valence-electron chi connectivity index (χ3n) is 2.58. The maximum Gasteiger partial charge on any atom is 0.312 e. The van der Waals surface area contributed by atoms with Gasteiger partial charge in [-0.1, -0.05) is 13.8 Å². The Kier molecular flexibility index (Phi) is 4.85. The summed E-state index contributed by atoms with van der Waals surface area (Å²) in [5, 5.41) is 4.44. The molecule has 5 amide bonds. The zero-order valence-corrected chi connectivity index (χ0v) is 10.9. The summed E-state index contributed by atoms with van der Waals surface area (Å²) in [5.41, 5.74) is 5.02. The van der Waals surface area contributed by atoms with Gasteiger partial charge in [0.2, 0.25) is 17.7 Å². The summed E-state index contributed by atoms with van der Waals surface area (Å²) in [4.78, 5) is 46.6. The largest absolute Gasteiger partial charge is 0.352 e. The van der Waals surface area contributed by atoms with E-state index in [1.165, 1.54) is 0 Å². The molecule has 8 nitrogen and oxygen atoms in total. The first-order valence-electron chi connectivity index (χ1n) is 5.97. The second kappa shape index (κ2) is 6.17. The Bertz CT molecular complexity index is 391. The fourth-order valence-corrected chi connectivity index (χ4v) is 1.88. The molecule has 1 aliphatic heterocycles. The number of urea groups is 1. The van der Waals surface area contributed by atoms with Gasteiger partial charge in [-0.05, 0) is 12.3 Å². The van der Waals surface area contributed by atoms with Crippen molar-refractivity contribution in [2.24, 2.45) is 11.7 Å². The van der Waals surface area contributed by atoms with Crippen molar-refractivity contribution in [2.45, 2.75) is 26.3 Å². The van der Waals surface area contributed by atoms with Crippen LogP contribution in [0.2, 0.25) is 0 Å². The molecule has 0 spiro atoms. The topological polar surface area (TPSA) is 122 Å². The molecule has 1 aliphatic rings. The van der Waals surface area contributed by atoms with Gasteiger partial charge in [0.25, 0.3) is 0 Å². The summed E-state index contributed by atoms with van der Waals surface area (Å²) in [6.45, 7) is 3.38. The molecule has 1 rings (SSSR count). The Labute approximate surface area is 110 Å². The van der Waals surface area contributed by atoms with Crippen LogP contribution in [0, 0.1) is 5.92 Å². The van der Waals surface area contributed by atoms with Crippen molar-refractivity contribution >= 4 is 23.8 Å². The van der Waals surface area contributed by atoms with Crippen LogP contribution >= 0.6 is 0 Å². The lowest BCUT2D eigenvalue weighted by atomic mass is 10.0. The zero-order valence-electron chi connectivity index (χ0n) is 10.9. The number of piperazine rings is 1. The number of rotatable bonds is 4. The van der Waals surface area contributed by atoms with E-state index in [4.69, 9.17) is 5.73 Å². The van der Waals surface area contributed by atoms with E-state index in [1.54, 1.807) is 0 Å². The number of amides is 5. The quantitative estimate of drug-likeness (QED) is 0.541. The van der Waals surface area contributed by atoms with E-state index < -0.39 is 29.8 Å². The SMILES string of the molecule is CC(C)CC(NC(N)=O)C(=O)N1CC(=O)NC(=O)C1. The minimum Gasteiger partial charge on any atom is -0.352 e. The van der Waals surface area contributed by atoms with Gasteiger partial charge in [-0.25, -0.2) is 4.79 Å². The Morgan fingerprint density at radius 3 is 2.26 bits per heavy atom.